The molecule has 0 aliphatic heterocycles. The molecule has 0 fully saturated rings. The first-order chi connectivity index (χ1) is 11.0. The fraction of sp³-hybridized carbons (Fsp3) is 0.235. The fourth-order valence-electron chi connectivity index (χ4n) is 1.96. The maximum absolute atomic E-state index is 10.9. The average Bonchev–Trinajstić information content (AvgIpc) is 2.55. The van der Waals surface area contributed by atoms with E-state index in [1.54, 1.807) is 18.2 Å². The van der Waals surface area contributed by atoms with Crippen molar-refractivity contribution in [2.75, 3.05) is 20.3 Å². The molecule has 0 radical (unpaired) electrons. The van der Waals surface area contributed by atoms with Gasteiger partial charge in [0, 0.05) is 10.6 Å². The molecular weight excluding hydrogens is 384 g/mol. The Balaban J connectivity index is 1.96. The Labute approximate surface area is 148 Å². The first-order valence-electron chi connectivity index (χ1n) is 6.89. The summed E-state index contributed by atoms with van der Waals surface area (Å²) in [7, 11) is 1.52. The summed E-state index contributed by atoms with van der Waals surface area (Å²) in [6, 6.07) is 8.78. The van der Waals surface area contributed by atoms with Gasteiger partial charge in [-0.1, -0.05) is 11.6 Å². The van der Waals surface area contributed by atoms with E-state index in [9.17, 15) is 4.79 Å². The van der Waals surface area contributed by atoms with Crippen LogP contribution in [0.2, 0.25) is 5.02 Å². The predicted octanol–water partition coefficient (Wildman–Crippen LogP) is 4.69. The predicted molar refractivity (Wildman–Crippen MR) is 93.3 cm³/mol. The lowest BCUT2D eigenvalue weighted by Gasteiger charge is -2.14. The monoisotopic (exact) mass is 398 g/mol. The largest absolute Gasteiger partial charge is 0.493 e. The SMILES string of the molecule is COc1cc(C=O)cc(Br)c1OCCOc1ccc(Cl)c(C)c1. The number of ether oxygens (including phenoxy) is 3. The van der Waals surface area contributed by atoms with Crippen molar-refractivity contribution in [3.05, 3.63) is 51.0 Å². The van der Waals surface area contributed by atoms with Crippen molar-refractivity contribution in [2.45, 2.75) is 6.92 Å². The van der Waals surface area contributed by atoms with Crippen molar-refractivity contribution in [3.8, 4) is 17.2 Å². The molecule has 0 spiro atoms. The number of aryl methyl sites for hydroxylation is 1. The van der Waals surface area contributed by atoms with E-state index in [1.165, 1.54) is 7.11 Å². The lowest BCUT2D eigenvalue weighted by atomic mass is 10.2. The molecule has 0 aliphatic rings. The van der Waals surface area contributed by atoms with E-state index >= 15 is 0 Å². The minimum atomic E-state index is 0.330. The van der Waals surface area contributed by atoms with Gasteiger partial charge in [-0.15, -0.1) is 0 Å². The normalized spacial score (nSPS) is 10.3. The van der Waals surface area contributed by atoms with Crippen LogP contribution < -0.4 is 14.2 Å². The second kappa shape index (κ2) is 8.22. The van der Waals surface area contributed by atoms with E-state index in [4.69, 9.17) is 25.8 Å². The molecule has 0 aromatic heterocycles. The van der Waals surface area contributed by atoms with E-state index in [0.717, 1.165) is 17.6 Å². The minimum absolute atomic E-state index is 0.330. The topological polar surface area (TPSA) is 44.8 Å². The van der Waals surface area contributed by atoms with Crippen LogP contribution in [0.25, 0.3) is 0 Å². The van der Waals surface area contributed by atoms with Gasteiger partial charge in [0.05, 0.1) is 11.6 Å². The standard InChI is InChI=1S/C17H16BrClO4/c1-11-7-13(3-4-15(11)19)22-5-6-23-17-14(18)8-12(10-20)9-16(17)21-2/h3-4,7-10H,5-6H2,1-2H3. The molecule has 0 heterocycles. The number of hydrogen-bond donors (Lipinski definition) is 0. The van der Waals surface area contributed by atoms with Crippen LogP contribution in [0.4, 0.5) is 0 Å². The zero-order chi connectivity index (χ0) is 16.8. The van der Waals surface area contributed by atoms with Crippen LogP contribution in [0.1, 0.15) is 15.9 Å². The highest BCUT2D eigenvalue weighted by molar-refractivity contribution is 9.10. The number of hydrogen-bond acceptors (Lipinski definition) is 4. The number of methoxy groups -OCH3 is 1. The van der Waals surface area contributed by atoms with Gasteiger partial charge in [-0.3, -0.25) is 4.79 Å². The average molecular weight is 400 g/mol. The summed E-state index contributed by atoms with van der Waals surface area (Å²) in [4.78, 5) is 10.9. The van der Waals surface area contributed by atoms with Crippen LogP contribution in [0.3, 0.4) is 0 Å². The molecule has 23 heavy (non-hydrogen) atoms. The van der Waals surface area contributed by atoms with Crippen LogP contribution in [-0.4, -0.2) is 26.6 Å². The molecule has 0 saturated heterocycles. The van der Waals surface area contributed by atoms with Gasteiger partial charge in [0.2, 0.25) is 0 Å². The van der Waals surface area contributed by atoms with Gasteiger partial charge in [-0.25, -0.2) is 0 Å². The molecule has 0 N–H and O–H groups in total. The molecule has 0 amide bonds. The molecule has 6 heteroatoms. The van der Waals surface area contributed by atoms with Crippen molar-refractivity contribution in [1.29, 1.82) is 0 Å². The quantitative estimate of drug-likeness (QED) is 0.500. The second-order valence-electron chi connectivity index (χ2n) is 4.76. The van der Waals surface area contributed by atoms with Gasteiger partial charge in [-0.05, 0) is 58.7 Å². The highest BCUT2D eigenvalue weighted by atomic mass is 79.9. The summed E-state index contributed by atoms with van der Waals surface area (Å²) >= 11 is 9.35. The summed E-state index contributed by atoms with van der Waals surface area (Å²) in [5, 5.41) is 0.706. The molecule has 0 unspecified atom stereocenters. The summed E-state index contributed by atoms with van der Waals surface area (Å²) in [6.45, 7) is 2.62. The van der Waals surface area contributed by atoms with Crippen LogP contribution in [-0.2, 0) is 0 Å². The highest BCUT2D eigenvalue weighted by Crippen LogP contribution is 2.36. The molecular formula is C17H16BrClO4. The molecule has 2 rings (SSSR count). The maximum Gasteiger partial charge on any atom is 0.175 e. The molecule has 0 aliphatic carbocycles. The smallest absolute Gasteiger partial charge is 0.175 e. The Bertz CT molecular complexity index is 703. The third kappa shape index (κ3) is 4.62. The zero-order valence-corrected chi connectivity index (χ0v) is 15.1. The molecule has 122 valence electrons. The Hall–Kier alpha value is -1.72. The Kier molecular flexibility index (Phi) is 6.30. The van der Waals surface area contributed by atoms with Crippen LogP contribution >= 0.6 is 27.5 Å². The Morgan fingerprint density at radius 2 is 1.91 bits per heavy atom. The van der Waals surface area contributed by atoms with Crippen LogP contribution in [0, 0.1) is 6.92 Å². The summed E-state index contributed by atoms with van der Waals surface area (Å²) in [6.07, 6.45) is 0.753. The number of carbonyl (C=O) groups is 1. The van der Waals surface area contributed by atoms with Gasteiger partial charge in [0.15, 0.2) is 11.5 Å². The van der Waals surface area contributed by atoms with Crippen molar-refractivity contribution in [2.24, 2.45) is 0 Å². The highest BCUT2D eigenvalue weighted by Gasteiger charge is 2.11. The number of benzene rings is 2. The summed E-state index contributed by atoms with van der Waals surface area (Å²) in [5.74, 6) is 1.76. The van der Waals surface area contributed by atoms with Crippen LogP contribution in [0.5, 0.6) is 17.2 Å². The molecule has 0 bridgehead atoms. The zero-order valence-electron chi connectivity index (χ0n) is 12.8. The second-order valence-corrected chi connectivity index (χ2v) is 6.02. The Morgan fingerprint density at radius 1 is 1.17 bits per heavy atom. The van der Waals surface area contributed by atoms with Crippen molar-refractivity contribution in [1.82, 2.24) is 0 Å². The van der Waals surface area contributed by atoms with Gasteiger partial charge in [-0.2, -0.15) is 0 Å². The molecule has 0 saturated carbocycles. The minimum Gasteiger partial charge on any atom is -0.493 e. The van der Waals surface area contributed by atoms with Crippen molar-refractivity contribution >= 4 is 33.8 Å². The van der Waals surface area contributed by atoms with Gasteiger partial charge in [0.25, 0.3) is 0 Å². The first-order valence-corrected chi connectivity index (χ1v) is 8.06. The fourth-order valence-corrected chi connectivity index (χ4v) is 2.65. The third-order valence-electron chi connectivity index (χ3n) is 3.12. The summed E-state index contributed by atoms with van der Waals surface area (Å²) < 4.78 is 17.2. The van der Waals surface area contributed by atoms with E-state index in [-0.39, 0.29) is 0 Å². The first kappa shape index (κ1) is 17.6. The lowest BCUT2D eigenvalue weighted by Crippen LogP contribution is -2.10. The van der Waals surface area contributed by atoms with Gasteiger partial charge < -0.3 is 14.2 Å². The molecule has 0 atom stereocenters. The van der Waals surface area contributed by atoms with Crippen molar-refractivity contribution in [3.63, 3.8) is 0 Å². The molecule has 2 aromatic rings. The number of aldehydes is 1. The number of rotatable bonds is 7. The Morgan fingerprint density at radius 3 is 2.57 bits per heavy atom. The molecule has 4 nitrogen and oxygen atoms in total. The van der Waals surface area contributed by atoms with Crippen molar-refractivity contribution < 1.29 is 19.0 Å². The van der Waals surface area contributed by atoms with E-state index in [1.807, 2.05) is 19.1 Å². The van der Waals surface area contributed by atoms with Crippen LogP contribution in [0.15, 0.2) is 34.8 Å². The number of carbonyl (C=O) groups excluding carboxylic acids is 1. The van der Waals surface area contributed by atoms with E-state index in [2.05, 4.69) is 15.9 Å². The maximum atomic E-state index is 10.9. The van der Waals surface area contributed by atoms with E-state index < -0.39 is 0 Å². The van der Waals surface area contributed by atoms with Gasteiger partial charge >= 0.3 is 0 Å². The number of halogens is 2. The van der Waals surface area contributed by atoms with Gasteiger partial charge in [0.1, 0.15) is 25.2 Å². The summed E-state index contributed by atoms with van der Waals surface area (Å²) in [5.41, 5.74) is 1.47. The third-order valence-corrected chi connectivity index (χ3v) is 4.13. The van der Waals surface area contributed by atoms with E-state index in [0.29, 0.717) is 39.8 Å². The lowest BCUT2D eigenvalue weighted by molar-refractivity contribution is 0.112. The molecule has 2 aromatic carbocycles.